The molecule has 0 heterocycles. The van der Waals surface area contributed by atoms with E-state index in [9.17, 15) is 0 Å². The molecule has 0 aliphatic heterocycles. The molecule has 2 heteroatoms. The van der Waals surface area contributed by atoms with Gasteiger partial charge in [0.2, 0.25) is 9.04 Å². The van der Waals surface area contributed by atoms with Crippen LogP contribution in [-0.2, 0) is 4.43 Å². The maximum Gasteiger partial charge on any atom is 0.224 e. The third kappa shape index (κ3) is 2.77. The standard InChI is InChI=1S/C6H12OSi/c1-4-7-8(5-2)6-3/h5-6,8H,2-4H2,1H3. The van der Waals surface area contributed by atoms with Crippen molar-refractivity contribution < 1.29 is 4.43 Å². The fourth-order valence-corrected chi connectivity index (χ4v) is 1.27. The molecular formula is C6H12OSi. The number of rotatable bonds is 4. The van der Waals surface area contributed by atoms with Crippen molar-refractivity contribution >= 4 is 9.04 Å². The molecule has 0 radical (unpaired) electrons. The smallest absolute Gasteiger partial charge is 0.224 e. The van der Waals surface area contributed by atoms with Crippen LogP contribution in [0.15, 0.2) is 24.6 Å². The molecule has 0 atom stereocenters. The summed E-state index contributed by atoms with van der Waals surface area (Å²) in [6, 6.07) is 0. The molecule has 1 nitrogen and oxygen atoms in total. The predicted molar refractivity (Wildman–Crippen MR) is 39.2 cm³/mol. The van der Waals surface area contributed by atoms with Gasteiger partial charge in [0, 0.05) is 6.61 Å². The maximum atomic E-state index is 5.24. The van der Waals surface area contributed by atoms with Gasteiger partial charge in [-0.2, -0.15) is 0 Å². The summed E-state index contributed by atoms with van der Waals surface area (Å²) in [7, 11) is -1.16. The van der Waals surface area contributed by atoms with Crippen LogP contribution in [0.3, 0.4) is 0 Å². The van der Waals surface area contributed by atoms with Crippen LogP contribution in [0.25, 0.3) is 0 Å². The van der Waals surface area contributed by atoms with Crippen molar-refractivity contribution in [2.45, 2.75) is 6.92 Å². The Morgan fingerprint density at radius 3 is 2.12 bits per heavy atom. The Labute approximate surface area is 52.4 Å². The quantitative estimate of drug-likeness (QED) is 0.517. The zero-order valence-electron chi connectivity index (χ0n) is 5.26. The number of hydrogen-bond donors (Lipinski definition) is 0. The summed E-state index contributed by atoms with van der Waals surface area (Å²) in [5.74, 6) is 0. The molecule has 0 saturated heterocycles. The first-order chi connectivity index (χ1) is 3.85. The van der Waals surface area contributed by atoms with Gasteiger partial charge in [-0.1, -0.05) is 11.4 Å². The minimum absolute atomic E-state index is 0.773. The molecule has 0 aromatic heterocycles. The van der Waals surface area contributed by atoms with Crippen molar-refractivity contribution in [3.8, 4) is 0 Å². The van der Waals surface area contributed by atoms with Gasteiger partial charge in [-0.15, -0.1) is 13.2 Å². The van der Waals surface area contributed by atoms with E-state index in [4.69, 9.17) is 4.43 Å². The molecule has 0 aromatic carbocycles. The van der Waals surface area contributed by atoms with Crippen LogP contribution in [0.5, 0.6) is 0 Å². The Bertz CT molecular complexity index is 72.6. The molecule has 46 valence electrons. The SMILES string of the molecule is C=C[SiH](C=C)OCC. The molecule has 0 saturated carbocycles. The summed E-state index contributed by atoms with van der Waals surface area (Å²) in [5, 5.41) is 0. The van der Waals surface area contributed by atoms with E-state index in [-0.39, 0.29) is 0 Å². The fraction of sp³-hybridized carbons (Fsp3) is 0.333. The molecule has 0 bridgehead atoms. The first-order valence-corrected chi connectivity index (χ1v) is 4.52. The van der Waals surface area contributed by atoms with Crippen LogP contribution < -0.4 is 0 Å². The Morgan fingerprint density at radius 2 is 2.00 bits per heavy atom. The van der Waals surface area contributed by atoms with Crippen LogP contribution in [0.2, 0.25) is 0 Å². The highest BCUT2D eigenvalue weighted by Crippen LogP contribution is 1.86. The van der Waals surface area contributed by atoms with E-state index in [1.165, 1.54) is 0 Å². The summed E-state index contributed by atoms with van der Waals surface area (Å²) < 4.78 is 5.24. The van der Waals surface area contributed by atoms with Crippen molar-refractivity contribution in [1.82, 2.24) is 0 Å². The van der Waals surface area contributed by atoms with Crippen molar-refractivity contribution in [1.29, 1.82) is 0 Å². The predicted octanol–water partition coefficient (Wildman–Crippen LogP) is 1.20. The van der Waals surface area contributed by atoms with Gasteiger partial charge in [0.25, 0.3) is 0 Å². The van der Waals surface area contributed by atoms with Gasteiger partial charge in [0.05, 0.1) is 0 Å². The Hall–Kier alpha value is -0.343. The highest BCUT2D eigenvalue weighted by Gasteiger charge is 1.95. The summed E-state index contributed by atoms with van der Waals surface area (Å²) >= 11 is 0. The van der Waals surface area contributed by atoms with Crippen LogP contribution in [0.1, 0.15) is 6.92 Å². The summed E-state index contributed by atoms with van der Waals surface area (Å²) in [6.07, 6.45) is 0. The van der Waals surface area contributed by atoms with Crippen LogP contribution in [0.4, 0.5) is 0 Å². The van der Waals surface area contributed by atoms with Crippen molar-refractivity contribution in [2.24, 2.45) is 0 Å². The van der Waals surface area contributed by atoms with Crippen molar-refractivity contribution in [2.75, 3.05) is 6.61 Å². The molecule has 0 amide bonds. The summed E-state index contributed by atoms with van der Waals surface area (Å²) in [4.78, 5) is 0. The lowest BCUT2D eigenvalue weighted by atomic mass is 10.9. The fourth-order valence-electron chi connectivity index (χ4n) is 0.425. The van der Waals surface area contributed by atoms with Gasteiger partial charge in [-0.3, -0.25) is 0 Å². The Kier molecular flexibility index (Phi) is 4.60. The van der Waals surface area contributed by atoms with Gasteiger partial charge >= 0.3 is 0 Å². The average Bonchev–Trinajstić information content (AvgIpc) is 1.83. The van der Waals surface area contributed by atoms with Gasteiger partial charge < -0.3 is 4.43 Å². The monoisotopic (exact) mass is 128 g/mol. The van der Waals surface area contributed by atoms with E-state index < -0.39 is 9.04 Å². The molecule has 0 fully saturated rings. The van der Waals surface area contributed by atoms with Crippen LogP contribution in [-0.4, -0.2) is 15.6 Å². The topological polar surface area (TPSA) is 9.23 Å². The van der Waals surface area contributed by atoms with Gasteiger partial charge in [-0.05, 0) is 6.92 Å². The second-order valence-corrected chi connectivity index (χ2v) is 3.60. The molecular weight excluding hydrogens is 116 g/mol. The van der Waals surface area contributed by atoms with E-state index in [1.807, 2.05) is 18.3 Å². The highest BCUT2D eigenvalue weighted by molar-refractivity contribution is 6.62. The van der Waals surface area contributed by atoms with E-state index >= 15 is 0 Å². The second kappa shape index (κ2) is 4.81. The van der Waals surface area contributed by atoms with E-state index in [1.54, 1.807) is 0 Å². The molecule has 0 unspecified atom stereocenters. The lowest BCUT2D eigenvalue weighted by molar-refractivity contribution is 0.356. The number of hydrogen-bond acceptors (Lipinski definition) is 1. The minimum Gasteiger partial charge on any atom is -0.412 e. The van der Waals surface area contributed by atoms with Crippen LogP contribution >= 0.6 is 0 Å². The zero-order chi connectivity index (χ0) is 6.41. The third-order valence-corrected chi connectivity index (χ3v) is 2.47. The Balaban J connectivity index is 3.35. The lowest BCUT2D eigenvalue weighted by Gasteiger charge is -2.01. The molecule has 0 spiro atoms. The summed E-state index contributed by atoms with van der Waals surface area (Å²) in [5.41, 5.74) is 3.72. The molecule has 0 rings (SSSR count). The lowest BCUT2D eigenvalue weighted by Crippen LogP contribution is -2.10. The van der Waals surface area contributed by atoms with E-state index in [0.29, 0.717) is 0 Å². The summed E-state index contributed by atoms with van der Waals surface area (Å²) in [6.45, 7) is 9.98. The van der Waals surface area contributed by atoms with Gasteiger partial charge in [0.15, 0.2) is 0 Å². The van der Waals surface area contributed by atoms with Gasteiger partial charge in [-0.25, -0.2) is 0 Å². The van der Waals surface area contributed by atoms with Gasteiger partial charge in [0.1, 0.15) is 0 Å². The molecule has 8 heavy (non-hydrogen) atoms. The molecule has 0 aromatic rings. The largest absolute Gasteiger partial charge is 0.412 e. The highest BCUT2D eigenvalue weighted by atomic mass is 28.3. The zero-order valence-corrected chi connectivity index (χ0v) is 6.42. The Morgan fingerprint density at radius 1 is 1.50 bits per heavy atom. The van der Waals surface area contributed by atoms with E-state index in [2.05, 4.69) is 13.2 Å². The molecule has 0 N–H and O–H groups in total. The molecule has 0 aliphatic rings. The van der Waals surface area contributed by atoms with Crippen LogP contribution in [0, 0.1) is 0 Å². The van der Waals surface area contributed by atoms with Crippen molar-refractivity contribution in [3.05, 3.63) is 24.6 Å². The second-order valence-electron chi connectivity index (χ2n) is 1.39. The van der Waals surface area contributed by atoms with E-state index in [0.717, 1.165) is 6.61 Å². The third-order valence-electron chi connectivity index (χ3n) is 0.824. The average molecular weight is 128 g/mol. The first-order valence-electron chi connectivity index (χ1n) is 2.71. The first kappa shape index (κ1) is 7.66. The minimum atomic E-state index is -1.16. The van der Waals surface area contributed by atoms with Crippen molar-refractivity contribution in [3.63, 3.8) is 0 Å². The molecule has 0 aliphatic carbocycles. The maximum absolute atomic E-state index is 5.24. The normalized spacial score (nSPS) is 9.25.